The fourth-order valence-corrected chi connectivity index (χ4v) is 4.87. The molecule has 0 unspecified atom stereocenters. The van der Waals surface area contributed by atoms with Gasteiger partial charge in [0.1, 0.15) is 5.82 Å². The maximum Gasteiger partial charge on any atom is 0.256 e. The molecule has 2 aromatic heterocycles. The average molecular weight is 469 g/mol. The Morgan fingerprint density at radius 3 is 2.53 bits per heavy atom. The molecule has 0 saturated carbocycles. The number of hydrogen-bond acceptors (Lipinski definition) is 6. The van der Waals surface area contributed by atoms with E-state index in [4.69, 9.17) is 14.5 Å². The fourth-order valence-electron chi connectivity index (χ4n) is 3.92. The van der Waals surface area contributed by atoms with E-state index in [-0.39, 0.29) is 12.7 Å². The summed E-state index contributed by atoms with van der Waals surface area (Å²) < 4.78 is 13.5. The van der Waals surface area contributed by atoms with Gasteiger partial charge in [0.05, 0.1) is 15.9 Å². The van der Waals surface area contributed by atoms with Gasteiger partial charge < -0.3 is 14.8 Å². The van der Waals surface area contributed by atoms with Crippen LogP contribution in [-0.2, 0) is 6.42 Å². The summed E-state index contributed by atoms with van der Waals surface area (Å²) in [4.78, 5) is 17.7. The Bertz CT molecular complexity index is 1470. The van der Waals surface area contributed by atoms with Crippen molar-refractivity contribution in [2.24, 2.45) is 0 Å². The molecule has 5 aromatic rings. The predicted molar refractivity (Wildman–Crippen MR) is 131 cm³/mol. The number of carbonyl (C=O) groups excluding carboxylic acids is 1. The van der Waals surface area contributed by atoms with Crippen molar-refractivity contribution in [3.05, 3.63) is 95.2 Å². The van der Waals surface area contributed by atoms with E-state index in [2.05, 4.69) is 22.5 Å². The third-order valence-electron chi connectivity index (χ3n) is 5.59. The normalized spacial score (nSPS) is 12.3. The summed E-state index contributed by atoms with van der Waals surface area (Å²) >= 11 is 1.47. The average Bonchev–Trinajstić information content (AvgIpc) is 3.56. The summed E-state index contributed by atoms with van der Waals surface area (Å²) in [6, 6.07) is 23.5. The number of aryl methyl sites for hydroxylation is 1. The van der Waals surface area contributed by atoms with Crippen LogP contribution in [-0.4, -0.2) is 27.5 Å². The highest BCUT2D eigenvalue weighted by Crippen LogP contribution is 2.39. The number of hydrogen-bond donors (Lipinski definition) is 1. The Morgan fingerprint density at radius 1 is 1.00 bits per heavy atom. The highest BCUT2D eigenvalue weighted by Gasteiger charge is 2.19. The monoisotopic (exact) mass is 468 g/mol. The zero-order valence-electron chi connectivity index (χ0n) is 18.3. The van der Waals surface area contributed by atoms with E-state index in [1.54, 1.807) is 4.68 Å². The largest absolute Gasteiger partial charge is 0.454 e. The minimum atomic E-state index is -0.200. The second kappa shape index (κ2) is 8.31. The summed E-state index contributed by atoms with van der Waals surface area (Å²) in [7, 11) is 0. The molecule has 34 heavy (non-hydrogen) atoms. The molecule has 3 heterocycles. The molecule has 0 spiro atoms. The van der Waals surface area contributed by atoms with E-state index in [0.717, 1.165) is 27.9 Å². The van der Waals surface area contributed by atoms with Gasteiger partial charge in [-0.2, -0.15) is 9.78 Å². The third kappa shape index (κ3) is 3.88. The molecule has 0 aliphatic carbocycles. The van der Waals surface area contributed by atoms with Gasteiger partial charge in [0.25, 0.3) is 5.91 Å². The van der Waals surface area contributed by atoms with E-state index >= 15 is 0 Å². The SMILES string of the molecule is Cc1cc(NC(=O)c2ccc(Cc3ccccc3)cc2)n(-c2nc3cc4c(cc3s2)OCO4)n1. The number of aromatic nitrogens is 3. The molecule has 6 rings (SSSR count). The van der Waals surface area contributed by atoms with E-state index < -0.39 is 0 Å². The summed E-state index contributed by atoms with van der Waals surface area (Å²) in [5, 5.41) is 8.19. The number of nitrogens with one attached hydrogen (secondary N) is 1. The number of benzene rings is 3. The van der Waals surface area contributed by atoms with Crippen LogP contribution in [0.25, 0.3) is 15.3 Å². The van der Waals surface area contributed by atoms with Crippen molar-refractivity contribution >= 4 is 33.3 Å². The molecule has 168 valence electrons. The number of rotatable bonds is 5. The first kappa shape index (κ1) is 20.4. The Labute approximate surface area is 199 Å². The molecule has 1 N–H and O–H groups in total. The van der Waals surface area contributed by atoms with E-state index in [1.165, 1.54) is 16.9 Å². The molecule has 1 aliphatic heterocycles. The van der Waals surface area contributed by atoms with Gasteiger partial charge in [0.15, 0.2) is 11.5 Å². The highest BCUT2D eigenvalue weighted by atomic mass is 32.1. The van der Waals surface area contributed by atoms with Crippen LogP contribution in [0.4, 0.5) is 5.82 Å². The molecule has 3 aromatic carbocycles. The van der Waals surface area contributed by atoms with E-state index in [0.29, 0.717) is 28.0 Å². The molecule has 0 saturated heterocycles. The Balaban J connectivity index is 1.23. The lowest BCUT2D eigenvalue weighted by atomic mass is 10.0. The molecule has 1 amide bonds. The quantitative estimate of drug-likeness (QED) is 0.376. The van der Waals surface area contributed by atoms with Gasteiger partial charge in [-0.25, -0.2) is 4.98 Å². The van der Waals surface area contributed by atoms with Crippen LogP contribution in [0.2, 0.25) is 0 Å². The molecule has 0 radical (unpaired) electrons. The van der Waals surface area contributed by atoms with Crippen molar-refractivity contribution in [3.63, 3.8) is 0 Å². The lowest BCUT2D eigenvalue weighted by molar-refractivity contribution is 0.102. The topological polar surface area (TPSA) is 78.3 Å². The second-order valence-corrected chi connectivity index (χ2v) is 9.07. The molecule has 8 heteroatoms. The molecule has 0 atom stereocenters. The minimum absolute atomic E-state index is 0.200. The Kier molecular flexibility index (Phi) is 5.00. The number of ether oxygens (including phenoxy) is 2. The number of anilines is 1. The molecule has 1 aliphatic rings. The highest BCUT2D eigenvalue weighted by molar-refractivity contribution is 7.20. The Morgan fingerprint density at radius 2 is 1.74 bits per heavy atom. The first-order valence-electron chi connectivity index (χ1n) is 10.8. The van der Waals surface area contributed by atoms with Crippen molar-refractivity contribution in [2.75, 3.05) is 12.1 Å². The zero-order valence-corrected chi connectivity index (χ0v) is 19.1. The lowest BCUT2D eigenvalue weighted by Gasteiger charge is -2.07. The second-order valence-electron chi connectivity index (χ2n) is 8.07. The maximum atomic E-state index is 13.0. The van der Waals surface area contributed by atoms with Crippen LogP contribution in [0.5, 0.6) is 11.5 Å². The van der Waals surface area contributed by atoms with Gasteiger partial charge in [0.2, 0.25) is 11.9 Å². The predicted octanol–water partition coefficient (Wildman–Crippen LogP) is 5.36. The summed E-state index contributed by atoms with van der Waals surface area (Å²) in [6.45, 7) is 2.11. The number of fused-ring (bicyclic) bond motifs is 2. The van der Waals surface area contributed by atoms with Crippen molar-refractivity contribution in [2.45, 2.75) is 13.3 Å². The van der Waals surface area contributed by atoms with Gasteiger partial charge in [-0.3, -0.25) is 4.79 Å². The smallest absolute Gasteiger partial charge is 0.256 e. The molecular formula is C26H20N4O3S. The van der Waals surface area contributed by atoms with Crippen LogP contribution in [0.1, 0.15) is 27.2 Å². The molecular weight excluding hydrogens is 448 g/mol. The Hall–Kier alpha value is -4.17. The minimum Gasteiger partial charge on any atom is -0.454 e. The third-order valence-corrected chi connectivity index (χ3v) is 6.59. The van der Waals surface area contributed by atoms with E-state index in [9.17, 15) is 4.79 Å². The molecule has 7 nitrogen and oxygen atoms in total. The van der Waals surface area contributed by atoms with E-state index in [1.807, 2.05) is 67.6 Å². The van der Waals surface area contributed by atoms with Gasteiger partial charge in [-0.1, -0.05) is 53.8 Å². The van der Waals surface area contributed by atoms with Crippen molar-refractivity contribution in [1.82, 2.24) is 14.8 Å². The number of carbonyl (C=O) groups is 1. The number of nitrogens with zero attached hydrogens (tertiary/aromatic N) is 3. The van der Waals surface area contributed by atoms with Crippen molar-refractivity contribution in [1.29, 1.82) is 0 Å². The van der Waals surface area contributed by atoms with Gasteiger partial charge in [-0.15, -0.1) is 0 Å². The summed E-state index contributed by atoms with van der Waals surface area (Å²) in [6.07, 6.45) is 0.825. The maximum absolute atomic E-state index is 13.0. The van der Waals surface area contributed by atoms with Gasteiger partial charge in [-0.05, 0) is 36.6 Å². The van der Waals surface area contributed by atoms with Crippen molar-refractivity contribution in [3.8, 4) is 16.6 Å². The summed E-state index contributed by atoms with van der Waals surface area (Å²) in [5.74, 6) is 1.76. The number of thiazole rings is 1. The van der Waals surface area contributed by atoms with Crippen LogP contribution < -0.4 is 14.8 Å². The molecule has 0 bridgehead atoms. The van der Waals surface area contributed by atoms with Crippen LogP contribution >= 0.6 is 11.3 Å². The zero-order chi connectivity index (χ0) is 23.1. The standard InChI is InChI=1S/C26H20N4O3S/c1-16-11-24(28-25(31)19-9-7-18(8-10-19)12-17-5-3-2-4-6-17)30(29-16)26-27-20-13-21-22(33-15-32-21)14-23(20)34-26/h2-11,13-14H,12,15H2,1H3,(H,28,31). The fraction of sp³-hybridized carbons (Fsp3) is 0.115. The van der Waals surface area contributed by atoms with Gasteiger partial charge >= 0.3 is 0 Å². The van der Waals surface area contributed by atoms with Gasteiger partial charge in [0, 0.05) is 23.8 Å². The van der Waals surface area contributed by atoms with Crippen LogP contribution in [0.3, 0.4) is 0 Å². The number of amides is 1. The van der Waals surface area contributed by atoms with Crippen LogP contribution in [0.15, 0.2) is 72.8 Å². The molecule has 0 fully saturated rings. The van der Waals surface area contributed by atoms with Crippen LogP contribution in [0, 0.1) is 6.92 Å². The van der Waals surface area contributed by atoms with Crippen molar-refractivity contribution < 1.29 is 14.3 Å². The first-order chi connectivity index (χ1) is 16.6. The summed E-state index contributed by atoms with van der Waals surface area (Å²) in [5.41, 5.74) is 4.54. The first-order valence-corrected chi connectivity index (χ1v) is 11.7. The lowest BCUT2D eigenvalue weighted by Crippen LogP contribution is -2.15.